The number of unbranched alkanes of at least 4 members (excludes halogenated alkanes) is 1. The molecule has 2 N–H and O–H groups in total. The van der Waals surface area contributed by atoms with Gasteiger partial charge in [-0.2, -0.15) is 0 Å². The van der Waals surface area contributed by atoms with Gasteiger partial charge in [-0.25, -0.2) is 8.42 Å². The summed E-state index contributed by atoms with van der Waals surface area (Å²) in [7, 11) is -3.82. The summed E-state index contributed by atoms with van der Waals surface area (Å²) in [4.78, 5) is 15.2. The molecule has 0 bridgehead atoms. The standard InChI is InChI=1S/C25H33N3O5S/c1-2-3-13-28-14-11-20(12-15-28)26-25(29)19-5-7-21(8-6-19)27-34(30,31)22-9-10-23-24(18-22)33-17-4-16-32-23/h5-10,18,20,27H,2-4,11-17H2,1H3,(H,26,29). The van der Waals surface area contributed by atoms with Crippen LogP contribution in [-0.4, -0.2) is 58.1 Å². The molecule has 0 unspecified atom stereocenters. The fourth-order valence-electron chi connectivity index (χ4n) is 4.17. The van der Waals surface area contributed by atoms with Crippen LogP contribution in [0, 0.1) is 0 Å². The van der Waals surface area contributed by atoms with E-state index < -0.39 is 10.0 Å². The average Bonchev–Trinajstić information content (AvgIpc) is 3.09. The zero-order chi connectivity index (χ0) is 24.0. The van der Waals surface area contributed by atoms with Crippen molar-refractivity contribution in [1.82, 2.24) is 10.2 Å². The molecule has 8 nitrogen and oxygen atoms in total. The van der Waals surface area contributed by atoms with Gasteiger partial charge in [0.2, 0.25) is 0 Å². The molecule has 2 aromatic carbocycles. The van der Waals surface area contributed by atoms with E-state index in [0.717, 1.165) is 38.9 Å². The Morgan fingerprint density at radius 1 is 1.03 bits per heavy atom. The summed E-state index contributed by atoms with van der Waals surface area (Å²) in [5.41, 5.74) is 0.889. The summed E-state index contributed by atoms with van der Waals surface area (Å²) in [6, 6.07) is 11.2. The van der Waals surface area contributed by atoms with Crippen molar-refractivity contribution in [2.24, 2.45) is 0 Å². The largest absolute Gasteiger partial charge is 0.490 e. The lowest BCUT2D eigenvalue weighted by Gasteiger charge is -2.32. The van der Waals surface area contributed by atoms with Gasteiger partial charge < -0.3 is 19.7 Å². The summed E-state index contributed by atoms with van der Waals surface area (Å²) in [6.07, 6.45) is 5.04. The Bertz CT molecular complexity index is 1080. The number of carbonyl (C=O) groups is 1. The number of nitrogens with zero attached hydrogens (tertiary/aromatic N) is 1. The predicted molar refractivity (Wildman–Crippen MR) is 131 cm³/mol. The van der Waals surface area contributed by atoms with Crippen LogP contribution in [0.2, 0.25) is 0 Å². The molecule has 184 valence electrons. The Kier molecular flexibility index (Phi) is 7.95. The minimum atomic E-state index is -3.82. The number of benzene rings is 2. The Morgan fingerprint density at radius 2 is 1.74 bits per heavy atom. The second kappa shape index (κ2) is 11.1. The number of carbonyl (C=O) groups excluding carboxylic acids is 1. The fraction of sp³-hybridized carbons (Fsp3) is 0.480. The Balaban J connectivity index is 1.33. The second-order valence-electron chi connectivity index (χ2n) is 8.78. The van der Waals surface area contributed by atoms with E-state index >= 15 is 0 Å². The molecular weight excluding hydrogens is 454 g/mol. The maximum Gasteiger partial charge on any atom is 0.262 e. The number of anilines is 1. The van der Waals surface area contributed by atoms with Gasteiger partial charge in [0, 0.05) is 42.9 Å². The van der Waals surface area contributed by atoms with Crippen LogP contribution in [0.3, 0.4) is 0 Å². The first-order valence-electron chi connectivity index (χ1n) is 12.0. The molecule has 2 heterocycles. The van der Waals surface area contributed by atoms with Crippen molar-refractivity contribution < 1.29 is 22.7 Å². The number of rotatable bonds is 8. The van der Waals surface area contributed by atoms with E-state index in [2.05, 4.69) is 21.9 Å². The summed E-state index contributed by atoms with van der Waals surface area (Å²) < 4.78 is 39.4. The van der Waals surface area contributed by atoms with E-state index in [4.69, 9.17) is 9.47 Å². The number of piperidine rings is 1. The quantitative estimate of drug-likeness (QED) is 0.590. The molecular formula is C25H33N3O5S. The molecule has 9 heteroatoms. The molecule has 0 aliphatic carbocycles. The lowest BCUT2D eigenvalue weighted by molar-refractivity contribution is 0.0911. The second-order valence-corrected chi connectivity index (χ2v) is 10.5. The van der Waals surface area contributed by atoms with Crippen molar-refractivity contribution in [2.75, 3.05) is 37.6 Å². The zero-order valence-corrected chi connectivity index (χ0v) is 20.4. The molecule has 0 radical (unpaired) electrons. The van der Waals surface area contributed by atoms with E-state index in [9.17, 15) is 13.2 Å². The third-order valence-electron chi connectivity index (χ3n) is 6.18. The van der Waals surface area contributed by atoms with Crippen LogP contribution in [0.15, 0.2) is 47.4 Å². The van der Waals surface area contributed by atoms with Gasteiger partial charge in [0.05, 0.1) is 18.1 Å². The number of hydrogen-bond donors (Lipinski definition) is 2. The van der Waals surface area contributed by atoms with Crippen LogP contribution in [0.5, 0.6) is 11.5 Å². The van der Waals surface area contributed by atoms with E-state index in [1.165, 1.54) is 25.0 Å². The first-order valence-corrected chi connectivity index (χ1v) is 13.5. The molecule has 34 heavy (non-hydrogen) atoms. The van der Waals surface area contributed by atoms with Crippen LogP contribution in [-0.2, 0) is 10.0 Å². The summed E-state index contributed by atoms with van der Waals surface area (Å²) in [6.45, 7) is 6.35. The highest BCUT2D eigenvalue weighted by Crippen LogP contribution is 2.32. The maximum absolute atomic E-state index is 12.9. The first kappa shape index (κ1) is 24.3. The smallest absolute Gasteiger partial charge is 0.262 e. The number of sulfonamides is 1. The van der Waals surface area contributed by atoms with Crippen molar-refractivity contribution in [1.29, 1.82) is 0 Å². The van der Waals surface area contributed by atoms with E-state index in [1.54, 1.807) is 30.3 Å². The van der Waals surface area contributed by atoms with Crippen molar-refractivity contribution in [3.8, 4) is 11.5 Å². The van der Waals surface area contributed by atoms with Gasteiger partial charge in [0.25, 0.3) is 15.9 Å². The van der Waals surface area contributed by atoms with Gasteiger partial charge >= 0.3 is 0 Å². The van der Waals surface area contributed by atoms with Crippen LogP contribution < -0.4 is 19.5 Å². The average molecular weight is 488 g/mol. The molecule has 2 aromatic rings. The lowest BCUT2D eigenvalue weighted by Crippen LogP contribution is -2.44. The molecule has 1 fully saturated rings. The lowest BCUT2D eigenvalue weighted by atomic mass is 10.0. The molecule has 0 aromatic heterocycles. The number of nitrogens with one attached hydrogen (secondary N) is 2. The molecule has 0 spiro atoms. The SMILES string of the molecule is CCCCN1CCC(NC(=O)c2ccc(NS(=O)(=O)c3ccc4c(c3)OCCCO4)cc2)CC1. The highest BCUT2D eigenvalue weighted by molar-refractivity contribution is 7.92. The fourth-order valence-corrected chi connectivity index (χ4v) is 5.24. The topological polar surface area (TPSA) is 97.0 Å². The predicted octanol–water partition coefficient (Wildman–Crippen LogP) is 3.64. The molecule has 0 atom stereocenters. The Labute approximate surface area is 201 Å². The van der Waals surface area contributed by atoms with E-state index in [0.29, 0.717) is 36.0 Å². The number of likely N-dealkylation sites (tertiary alicyclic amines) is 1. The molecule has 1 saturated heterocycles. The van der Waals surface area contributed by atoms with Crippen molar-refractivity contribution >= 4 is 21.6 Å². The van der Waals surface area contributed by atoms with E-state index in [1.807, 2.05) is 0 Å². The van der Waals surface area contributed by atoms with Gasteiger partial charge in [-0.3, -0.25) is 9.52 Å². The zero-order valence-electron chi connectivity index (χ0n) is 19.6. The monoisotopic (exact) mass is 487 g/mol. The number of hydrogen-bond acceptors (Lipinski definition) is 6. The van der Waals surface area contributed by atoms with Crippen LogP contribution in [0.1, 0.15) is 49.4 Å². The number of fused-ring (bicyclic) bond motifs is 1. The summed E-state index contributed by atoms with van der Waals surface area (Å²) in [5.74, 6) is 0.825. The Hall–Kier alpha value is -2.78. The minimum Gasteiger partial charge on any atom is -0.490 e. The first-order chi connectivity index (χ1) is 16.4. The van der Waals surface area contributed by atoms with Gasteiger partial charge in [0.1, 0.15) is 0 Å². The molecule has 2 aliphatic rings. The van der Waals surface area contributed by atoms with Gasteiger partial charge in [-0.05, 0) is 62.2 Å². The highest BCUT2D eigenvalue weighted by atomic mass is 32.2. The van der Waals surface area contributed by atoms with Crippen LogP contribution >= 0.6 is 0 Å². The number of amides is 1. The molecule has 2 aliphatic heterocycles. The van der Waals surface area contributed by atoms with Crippen molar-refractivity contribution in [3.05, 3.63) is 48.0 Å². The van der Waals surface area contributed by atoms with Crippen LogP contribution in [0.25, 0.3) is 0 Å². The van der Waals surface area contributed by atoms with Crippen LogP contribution in [0.4, 0.5) is 5.69 Å². The molecule has 1 amide bonds. The third-order valence-corrected chi connectivity index (χ3v) is 7.56. The number of ether oxygens (including phenoxy) is 2. The maximum atomic E-state index is 12.9. The summed E-state index contributed by atoms with van der Waals surface area (Å²) >= 11 is 0. The van der Waals surface area contributed by atoms with Gasteiger partial charge in [-0.15, -0.1) is 0 Å². The summed E-state index contributed by atoms with van der Waals surface area (Å²) in [5, 5.41) is 3.11. The van der Waals surface area contributed by atoms with Crippen molar-refractivity contribution in [3.63, 3.8) is 0 Å². The third kappa shape index (κ3) is 6.21. The minimum absolute atomic E-state index is 0.0869. The van der Waals surface area contributed by atoms with Crippen molar-refractivity contribution in [2.45, 2.75) is 50.0 Å². The van der Waals surface area contributed by atoms with E-state index in [-0.39, 0.29) is 16.8 Å². The molecule has 0 saturated carbocycles. The highest BCUT2D eigenvalue weighted by Gasteiger charge is 2.22. The normalized spacial score (nSPS) is 17.1. The Morgan fingerprint density at radius 3 is 2.44 bits per heavy atom. The van der Waals surface area contributed by atoms with Gasteiger partial charge in [-0.1, -0.05) is 13.3 Å². The van der Waals surface area contributed by atoms with Gasteiger partial charge in [0.15, 0.2) is 11.5 Å². The molecule has 4 rings (SSSR count).